The zero-order chi connectivity index (χ0) is 36.0. The molecule has 0 heterocycles. The van der Waals surface area contributed by atoms with Gasteiger partial charge in [-0.1, -0.05) is 62.2 Å². The number of hydrogen-bond donors (Lipinski definition) is 5. The molecule has 258 valence electrons. The van der Waals surface area contributed by atoms with Gasteiger partial charge >= 0.3 is 16.4 Å². The van der Waals surface area contributed by atoms with Crippen molar-refractivity contribution < 1.29 is 47.6 Å². The molecular weight excluding hydrogens is 634 g/mol. The zero-order valence-corrected chi connectivity index (χ0v) is 27.3. The Morgan fingerprint density at radius 2 is 1.53 bits per heavy atom. The molecule has 16 heteroatoms. The van der Waals surface area contributed by atoms with E-state index in [1.165, 1.54) is 38.4 Å². The molecule has 0 aromatic heterocycles. The monoisotopic (exact) mass is 678 g/mol. The topological polar surface area (TPSA) is 240 Å². The van der Waals surface area contributed by atoms with Crippen LogP contribution in [0.3, 0.4) is 0 Å². The first-order valence-electron chi connectivity index (χ1n) is 15.3. The second-order valence-electron chi connectivity index (χ2n) is 11.1. The Hall–Kier alpha value is -4.38. The van der Waals surface area contributed by atoms with E-state index >= 15 is 0 Å². The van der Waals surface area contributed by atoms with Crippen LogP contribution in [0.2, 0.25) is 1.41 Å². The summed E-state index contributed by atoms with van der Waals surface area (Å²) in [7, 11) is -2.11. The number of primary amides is 1. The number of nitrogens with zero attached hydrogens (tertiary/aromatic N) is 2. The molecule has 0 fully saturated rings. The average molecular weight is 679 g/mol. The first kappa shape index (κ1) is 37.1. The van der Waals surface area contributed by atoms with Crippen molar-refractivity contribution in [3.05, 3.63) is 65.7 Å². The molecule has 0 aliphatic rings. The molecule has 0 saturated heterocycles. The highest BCUT2D eigenvalue weighted by atomic mass is 32.3. The van der Waals surface area contributed by atoms with Crippen molar-refractivity contribution >= 4 is 39.9 Å². The van der Waals surface area contributed by atoms with Crippen LogP contribution in [0.5, 0.6) is 5.75 Å². The van der Waals surface area contributed by atoms with Gasteiger partial charge in [0.2, 0.25) is 17.7 Å². The van der Waals surface area contributed by atoms with Crippen LogP contribution in [0.1, 0.15) is 43.7 Å². The molecule has 0 aliphatic carbocycles. The lowest BCUT2D eigenvalue weighted by Gasteiger charge is -2.35. The number of aliphatic carboxylic acids is 1. The maximum absolute atomic E-state index is 13.7. The third-order valence-corrected chi connectivity index (χ3v) is 7.91. The van der Waals surface area contributed by atoms with E-state index in [2.05, 4.69) is 15.2 Å². The van der Waals surface area contributed by atoms with E-state index in [0.29, 0.717) is 18.4 Å². The largest absolute Gasteiger partial charge is 0.481 e. The minimum Gasteiger partial charge on any atom is -0.481 e. The highest BCUT2D eigenvalue weighted by molar-refractivity contribution is 7.81. The van der Waals surface area contributed by atoms with Gasteiger partial charge in [0.15, 0.2) is 5.78 Å². The fraction of sp³-hybridized carbons (Fsp3) is 0.452. The van der Waals surface area contributed by atoms with E-state index in [1.54, 1.807) is 30.3 Å². The summed E-state index contributed by atoms with van der Waals surface area (Å²) in [6, 6.07) is 9.61. The first-order chi connectivity index (χ1) is 22.6. The third-order valence-electron chi connectivity index (χ3n) is 7.50. The van der Waals surface area contributed by atoms with Gasteiger partial charge in [-0.05, 0) is 36.1 Å². The molecule has 0 unspecified atom stereocenters. The number of carbonyl (C=O) groups is 5. The summed E-state index contributed by atoms with van der Waals surface area (Å²) in [4.78, 5) is 66.7. The summed E-state index contributed by atoms with van der Waals surface area (Å²) in [5.41, 5.74) is 9.05. The predicted octanol–water partition coefficient (Wildman–Crippen LogP) is 0.312. The van der Waals surface area contributed by atoms with Gasteiger partial charge in [-0.25, -0.2) is 0 Å². The van der Waals surface area contributed by atoms with Crippen molar-refractivity contribution in [1.29, 1.82) is 0 Å². The molecule has 0 radical (unpaired) electrons. The van der Waals surface area contributed by atoms with Crippen LogP contribution in [0.25, 0.3) is 0 Å². The Morgan fingerprint density at radius 3 is 2.06 bits per heavy atom. The number of nitrogens with two attached hydrogens (primary N) is 2. The van der Waals surface area contributed by atoms with Crippen LogP contribution in [0, 0.1) is 0 Å². The quantitative estimate of drug-likeness (QED) is 0.112. The molecular formula is C31H43N5O10S. The first-order valence-corrected chi connectivity index (χ1v) is 16.2. The molecule has 2 aromatic rings. The molecule has 7 N–H and O–H groups in total. The van der Waals surface area contributed by atoms with Crippen molar-refractivity contribution in [3.63, 3.8) is 0 Å². The molecule has 0 aliphatic heterocycles. The summed E-state index contributed by atoms with van der Waals surface area (Å²) < 4.78 is 42.6. The van der Waals surface area contributed by atoms with Crippen molar-refractivity contribution in [3.8, 4) is 5.75 Å². The highest BCUT2D eigenvalue weighted by Crippen LogP contribution is 2.17. The normalized spacial score (nSPS) is 14.2. The molecule has 4 atom stereocenters. The number of Topliss-reactive ketones (excluding diaryl/α,β-unsaturated/α-hetero) is 1. The predicted molar refractivity (Wildman–Crippen MR) is 171 cm³/mol. The van der Waals surface area contributed by atoms with Crippen molar-refractivity contribution in [2.45, 2.75) is 69.6 Å². The number of benzene rings is 2. The maximum Gasteiger partial charge on any atom is 0.446 e. The highest BCUT2D eigenvalue weighted by Gasteiger charge is 2.37. The van der Waals surface area contributed by atoms with Gasteiger partial charge in [-0.15, -0.1) is 0 Å². The smallest absolute Gasteiger partial charge is 0.446 e. The lowest BCUT2D eigenvalue weighted by Crippen LogP contribution is -2.58. The van der Waals surface area contributed by atoms with Gasteiger partial charge in [-0.2, -0.15) is 8.42 Å². The van der Waals surface area contributed by atoms with Gasteiger partial charge in [-0.3, -0.25) is 33.8 Å². The second kappa shape index (κ2) is 18.1. The minimum absolute atomic E-state index is 0.0230. The standard InChI is InChI=1S/C31H43N5O10S/c1-4-5-11-24(34-19-27(37)23(32)16-21-12-14-22(15-13-21)46-47(43,44)45)30(41)36(3)26(18-28(38)39)31(42)35(2)25(29(33)40)17-20-9-7-6-8-10-20/h6-10,12-15,23-26,34H,4-5,11,16-19,32H2,1-3H3,(H2,33,40)(H,38,39)(H,43,44,45)/t23-,24-,25-,26+/m0/s1/i/hD. The van der Waals surface area contributed by atoms with Crippen LogP contribution >= 0.6 is 0 Å². The lowest BCUT2D eigenvalue weighted by atomic mass is 10.0. The number of carboxylic acids is 1. The number of unbranched alkanes of at least 4 members (excludes halogenated alkanes) is 1. The van der Waals surface area contributed by atoms with E-state index < -0.39 is 70.5 Å². The minimum atomic E-state index is -4.71. The zero-order valence-electron chi connectivity index (χ0n) is 27.5. The number of likely N-dealkylation sites (N-methyl/N-ethyl adjacent to an activating group) is 2. The Kier molecular flexibility index (Phi) is 14.3. The van der Waals surface area contributed by atoms with Crippen molar-refractivity contribution in [2.75, 3.05) is 20.6 Å². The number of ketones is 1. The van der Waals surface area contributed by atoms with E-state index in [9.17, 15) is 37.5 Å². The van der Waals surface area contributed by atoms with E-state index in [-0.39, 0.29) is 31.6 Å². The Morgan fingerprint density at radius 1 is 0.936 bits per heavy atom. The number of rotatable bonds is 21. The number of amides is 3. The second-order valence-corrected chi connectivity index (χ2v) is 12.1. The molecule has 0 bridgehead atoms. The van der Waals surface area contributed by atoms with Gasteiger partial charge in [0.05, 0.1) is 25.0 Å². The molecule has 15 nitrogen and oxygen atoms in total. The van der Waals surface area contributed by atoms with E-state index in [4.69, 9.17) is 11.7 Å². The average Bonchev–Trinajstić information content (AvgIpc) is 3.04. The molecule has 47 heavy (non-hydrogen) atoms. The molecule has 2 rings (SSSR count). The number of hydrogen-bond acceptors (Lipinski definition) is 10. The Labute approximate surface area is 275 Å². The SMILES string of the molecule is [2H]N[C@@H](Cc1ccc(OS(=O)(=O)O)cc1)C(=O)CN[C@@H](CCCC)C(=O)N(C)[C@H](CC(=O)O)C(=O)N(C)[C@@H](Cc1ccccc1)C(N)=O. The van der Waals surface area contributed by atoms with E-state index in [1.807, 2.05) is 6.92 Å². The van der Waals surface area contributed by atoms with Crippen LogP contribution in [0.15, 0.2) is 54.6 Å². The van der Waals surface area contributed by atoms with Crippen molar-refractivity contribution in [1.82, 2.24) is 15.1 Å². The summed E-state index contributed by atoms with van der Waals surface area (Å²) in [6.45, 7) is 1.54. The number of carboxylic acid groups (broad SMARTS) is 1. The summed E-state index contributed by atoms with van der Waals surface area (Å²) in [6.07, 6.45) is 0.851. The molecule has 0 spiro atoms. The number of carbonyl (C=O) groups excluding carboxylic acids is 4. The Balaban J connectivity index is 2.20. The van der Waals surface area contributed by atoms with Gasteiger partial charge < -0.3 is 30.5 Å². The maximum atomic E-state index is 13.7. The van der Waals surface area contributed by atoms with Crippen LogP contribution in [0.4, 0.5) is 0 Å². The van der Waals surface area contributed by atoms with E-state index in [0.717, 1.165) is 15.4 Å². The number of nitrogens with one attached hydrogen (secondary N) is 1. The van der Waals surface area contributed by atoms with Crippen LogP contribution in [-0.2, 0) is 47.2 Å². The third kappa shape index (κ3) is 12.7. The molecule has 2 aromatic carbocycles. The fourth-order valence-electron chi connectivity index (χ4n) is 4.83. The van der Waals surface area contributed by atoms with Crippen molar-refractivity contribution in [2.24, 2.45) is 11.5 Å². The van der Waals surface area contributed by atoms with Crippen LogP contribution in [-0.4, -0.2) is 102 Å². The summed E-state index contributed by atoms with van der Waals surface area (Å²) in [5, 5.41) is 12.5. The summed E-state index contributed by atoms with van der Waals surface area (Å²) >= 11 is 0. The lowest BCUT2D eigenvalue weighted by molar-refractivity contribution is -0.151. The summed E-state index contributed by atoms with van der Waals surface area (Å²) in [5.74, 6) is -4.24. The fourth-order valence-corrected chi connectivity index (χ4v) is 5.18. The van der Waals surface area contributed by atoms with Gasteiger partial charge in [0.1, 0.15) is 19.2 Å². The van der Waals surface area contributed by atoms with Crippen LogP contribution < -0.4 is 21.0 Å². The molecule has 0 saturated carbocycles. The molecule has 3 amide bonds. The van der Waals surface area contributed by atoms with Gasteiger partial charge in [0.25, 0.3) is 0 Å². The Bertz CT molecular complexity index is 1510. The van der Waals surface area contributed by atoms with Gasteiger partial charge in [0, 0.05) is 20.5 Å².